The van der Waals surface area contributed by atoms with Crippen LogP contribution in [0, 0.1) is 5.82 Å². The van der Waals surface area contributed by atoms with Gasteiger partial charge in [-0.15, -0.1) is 0 Å². The quantitative estimate of drug-likeness (QED) is 0.932. The molecule has 2 aliphatic rings. The van der Waals surface area contributed by atoms with E-state index in [2.05, 4.69) is 38.0 Å². The van der Waals surface area contributed by atoms with Crippen molar-refractivity contribution in [3.8, 4) is 0 Å². The molecular weight excluding hydrogens is 281 g/mol. The molecule has 2 saturated heterocycles. The van der Waals surface area contributed by atoms with Crippen molar-refractivity contribution in [1.29, 1.82) is 0 Å². The Balaban J connectivity index is 1.63. The first-order valence-electron chi connectivity index (χ1n) is 8.08. The van der Waals surface area contributed by atoms with Crippen LogP contribution in [-0.4, -0.2) is 41.4 Å². The normalized spacial score (nSPS) is 30.0. The molecule has 122 valence electrons. The first-order valence-corrected chi connectivity index (χ1v) is 8.08. The van der Waals surface area contributed by atoms with Crippen LogP contribution in [-0.2, 0) is 4.74 Å². The molecule has 0 aliphatic carbocycles. The monoisotopic (exact) mass is 307 g/mol. The van der Waals surface area contributed by atoms with Gasteiger partial charge in [0, 0.05) is 31.4 Å². The molecule has 0 amide bonds. The van der Waals surface area contributed by atoms with Gasteiger partial charge in [-0.05, 0) is 52.7 Å². The zero-order valence-corrected chi connectivity index (χ0v) is 13.9. The lowest BCUT2D eigenvalue weighted by Crippen LogP contribution is -2.48. The van der Waals surface area contributed by atoms with Gasteiger partial charge in [-0.1, -0.05) is 0 Å². The number of nitrogens with one attached hydrogen (secondary N) is 1. The van der Waals surface area contributed by atoms with Crippen molar-refractivity contribution in [2.75, 3.05) is 18.0 Å². The SMILES string of the molecule is CC1(C)CC(NC2CCN(c3ncccc3F)C2)C(C)(C)O1. The Kier molecular flexibility index (Phi) is 3.89. The predicted octanol–water partition coefficient (Wildman–Crippen LogP) is 2.74. The van der Waals surface area contributed by atoms with Crippen molar-refractivity contribution < 1.29 is 9.13 Å². The molecule has 0 spiro atoms. The van der Waals surface area contributed by atoms with Crippen LogP contribution in [0.25, 0.3) is 0 Å². The second-order valence-electron chi connectivity index (χ2n) is 7.63. The number of rotatable bonds is 3. The fourth-order valence-electron chi connectivity index (χ4n) is 3.81. The first kappa shape index (κ1) is 15.7. The fraction of sp³-hybridized carbons (Fsp3) is 0.706. The highest BCUT2D eigenvalue weighted by atomic mass is 19.1. The van der Waals surface area contributed by atoms with E-state index in [0.29, 0.717) is 17.9 Å². The molecule has 0 aromatic carbocycles. The number of hydrogen-bond donors (Lipinski definition) is 1. The van der Waals surface area contributed by atoms with Crippen molar-refractivity contribution in [1.82, 2.24) is 10.3 Å². The Morgan fingerprint density at radius 3 is 2.77 bits per heavy atom. The average molecular weight is 307 g/mol. The van der Waals surface area contributed by atoms with Crippen LogP contribution in [0.2, 0.25) is 0 Å². The van der Waals surface area contributed by atoms with E-state index >= 15 is 0 Å². The van der Waals surface area contributed by atoms with Crippen LogP contribution in [0.3, 0.4) is 0 Å². The second-order valence-corrected chi connectivity index (χ2v) is 7.63. The van der Waals surface area contributed by atoms with Gasteiger partial charge in [0.15, 0.2) is 11.6 Å². The molecule has 1 aromatic rings. The van der Waals surface area contributed by atoms with Gasteiger partial charge in [0.25, 0.3) is 0 Å². The van der Waals surface area contributed by atoms with Gasteiger partial charge in [-0.25, -0.2) is 9.37 Å². The summed E-state index contributed by atoms with van der Waals surface area (Å²) in [5.41, 5.74) is -0.264. The largest absolute Gasteiger partial charge is 0.368 e. The predicted molar refractivity (Wildman–Crippen MR) is 85.6 cm³/mol. The Morgan fingerprint density at radius 2 is 2.14 bits per heavy atom. The topological polar surface area (TPSA) is 37.4 Å². The van der Waals surface area contributed by atoms with Crippen molar-refractivity contribution in [2.45, 2.75) is 63.8 Å². The van der Waals surface area contributed by atoms with Crippen LogP contribution in [0.4, 0.5) is 10.2 Å². The van der Waals surface area contributed by atoms with Gasteiger partial charge in [0.05, 0.1) is 11.2 Å². The molecule has 3 heterocycles. The molecular formula is C17H26FN3O. The molecule has 0 saturated carbocycles. The minimum atomic E-state index is -0.242. The summed E-state index contributed by atoms with van der Waals surface area (Å²) in [6.45, 7) is 10.2. The first-order chi connectivity index (χ1) is 10.3. The molecule has 2 fully saturated rings. The van der Waals surface area contributed by atoms with E-state index in [-0.39, 0.29) is 17.0 Å². The summed E-state index contributed by atoms with van der Waals surface area (Å²) < 4.78 is 20.0. The number of hydrogen-bond acceptors (Lipinski definition) is 4. The maximum atomic E-state index is 13.9. The maximum Gasteiger partial charge on any atom is 0.165 e. The number of ether oxygens (including phenoxy) is 1. The summed E-state index contributed by atoms with van der Waals surface area (Å²) in [4.78, 5) is 6.21. The van der Waals surface area contributed by atoms with Crippen LogP contribution < -0.4 is 10.2 Å². The molecule has 2 unspecified atom stereocenters. The molecule has 2 aliphatic heterocycles. The van der Waals surface area contributed by atoms with Gasteiger partial charge >= 0.3 is 0 Å². The summed E-state index contributed by atoms with van der Waals surface area (Å²) in [7, 11) is 0. The van der Waals surface area contributed by atoms with E-state index in [1.54, 1.807) is 12.3 Å². The lowest BCUT2D eigenvalue weighted by atomic mass is 9.93. The number of aromatic nitrogens is 1. The lowest BCUT2D eigenvalue weighted by Gasteiger charge is -2.30. The Bertz CT molecular complexity index is 546. The zero-order chi connectivity index (χ0) is 16.0. The molecule has 5 heteroatoms. The summed E-state index contributed by atoms with van der Waals surface area (Å²) in [5.74, 6) is 0.225. The Hall–Kier alpha value is -1.20. The van der Waals surface area contributed by atoms with E-state index in [0.717, 1.165) is 25.9 Å². The van der Waals surface area contributed by atoms with Crippen molar-refractivity contribution >= 4 is 5.82 Å². The third-order valence-electron chi connectivity index (χ3n) is 4.74. The van der Waals surface area contributed by atoms with Crippen molar-refractivity contribution in [3.05, 3.63) is 24.1 Å². The van der Waals surface area contributed by atoms with E-state index in [1.165, 1.54) is 6.07 Å². The fourth-order valence-corrected chi connectivity index (χ4v) is 3.81. The van der Waals surface area contributed by atoms with Gasteiger partial charge in [0.1, 0.15) is 0 Å². The Morgan fingerprint density at radius 1 is 1.36 bits per heavy atom. The highest BCUT2D eigenvalue weighted by Crippen LogP contribution is 2.37. The van der Waals surface area contributed by atoms with Gasteiger partial charge in [0.2, 0.25) is 0 Å². The number of nitrogens with zero attached hydrogens (tertiary/aromatic N) is 2. The van der Waals surface area contributed by atoms with Gasteiger partial charge in [-0.3, -0.25) is 0 Å². The standard InChI is InChI=1S/C17H26FN3O/c1-16(2)10-14(17(3,4)22-16)20-12-7-9-21(11-12)15-13(18)6-5-8-19-15/h5-6,8,12,14,20H,7,9-11H2,1-4H3. The molecule has 2 atom stereocenters. The van der Waals surface area contributed by atoms with E-state index in [9.17, 15) is 4.39 Å². The van der Waals surface area contributed by atoms with Crippen molar-refractivity contribution in [3.63, 3.8) is 0 Å². The van der Waals surface area contributed by atoms with Gasteiger partial charge in [-0.2, -0.15) is 0 Å². The van der Waals surface area contributed by atoms with E-state index in [4.69, 9.17) is 4.74 Å². The number of anilines is 1. The molecule has 4 nitrogen and oxygen atoms in total. The van der Waals surface area contributed by atoms with Crippen LogP contribution >= 0.6 is 0 Å². The molecule has 1 aromatic heterocycles. The summed E-state index contributed by atoms with van der Waals surface area (Å²) >= 11 is 0. The average Bonchev–Trinajstić information content (AvgIpc) is 2.92. The van der Waals surface area contributed by atoms with Crippen LogP contribution in [0.1, 0.15) is 40.5 Å². The highest BCUT2D eigenvalue weighted by Gasteiger charge is 2.46. The second kappa shape index (κ2) is 5.46. The molecule has 3 rings (SSSR count). The zero-order valence-electron chi connectivity index (χ0n) is 13.9. The molecule has 22 heavy (non-hydrogen) atoms. The van der Waals surface area contributed by atoms with Crippen LogP contribution in [0.5, 0.6) is 0 Å². The molecule has 0 radical (unpaired) electrons. The number of halogens is 1. The van der Waals surface area contributed by atoms with Crippen molar-refractivity contribution in [2.24, 2.45) is 0 Å². The smallest absolute Gasteiger partial charge is 0.165 e. The third-order valence-corrected chi connectivity index (χ3v) is 4.74. The maximum absolute atomic E-state index is 13.9. The van der Waals surface area contributed by atoms with E-state index < -0.39 is 0 Å². The minimum absolute atomic E-state index is 0.0907. The summed E-state index contributed by atoms with van der Waals surface area (Å²) in [6, 6.07) is 3.77. The highest BCUT2D eigenvalue weighted by molar-refractivity contribution is 5.41. The van der Waals surface area contributed by atoms with Gasteiger partial charge < -0.3 is 15.0 Å². The molecule has 1 N–H and O–H groups in total. The Labute approximate surface area is 132 Å². The lowest BCUT2D eigenvalue weighted by molar-refractivity contribution is -0.0703. The summed E-state index contributed by atoms with van der Waals surface area (Å²) in [6.07, 6.45) is 3.65. The third kappa shape index (κ3) is 3.10. The summed E-state index contributed by atoms with van der Waals surface area (Å²) in [5, 5.41) is 3.73. The van der Waals surface area contributed by atoms with E-state index in [1.807, 2.05) is 4.90 Å². The van der Waals surface area contributed by atoms with Crippen LogP contribution in [0.15, 0.2) is 18.3 Å². The molecule has 0 bridgehead atoms. The number of pyridine rings is 1. The minimum Gasteiger partial charge on any atom is -0.368 e.